The minimum absolute atomic E-state index is 0.120. The van der Waals surface area contributed by atoms with Gasteiger partial charge < -0.3 is 5.32 Å². The summed E-state index contributed by atoms with van der Waals surface area (Å²) in [6.07, 6.45) is 2.97. The standard InChI is InChI=1S/C10H21NOS/c1-9(2,8(12)11-5)7-10(3,4)13-6/h7H2,1-6H3,(H,11,12). The Labute approximate surface area is 85.9 Å². The van der Waals surface area contributed by atoms with Gasteiger partial charge in [0.1, 0.15) is 0 Å². The minimum Gasteiger partial charge on any atom is -0.359 e. The molecule has 0 aromatic carbocycles. The Morgan fingerprint density at radius 2 is 1.77 bits per heavy atom. The highest BCUT2D eigenvalue weighted by atomic mass is 32.2. The van der Waals surface area contributed by atoms with Crippen molar-refractivity contribution in [1.82, 2.24) is 5.32 Å². The Balaban J connectivity index is 4.41. The molecule has 0 unspecified atom stereocenters. The lowest BCUT2D eigenvalue weighted by molar-refractivity contribution is -0.129. The Bertz CT molecular complexity index is 187. The lowest BCUT2D eigenvalue weighted by Crippen LogP contribution is -2.38. The van der Waals surface area contributed by atoms with Crippen molar-refractivity contribution in [3.63, 3.8) is 0 Å². The fourth-order valence-electron chi connectivity index (χ4n) is 1.56. The van der Waals surface area contributed by atoms with Gasteiger partial charge in [-0.1, -0.05) is 27.7 Å². The third-order valence-electron chi connectivity index (χ3n) is 2.26. The highest BCUT2D eigenvalue weighted by Gasteiger charge is 2.33. The van der Waals surface area contributed by atoms with Gasteiger partial charge in [-0.05, 0) is 12.7 Å². The van der Waals surface area contributed by atoms with Crippen LogP contribution in [0, 0.1) is 5.41 Å². The van der Waals surface area contributed by atoms with E-state index in [1.807, 2.05) is 13.8 Å². The molecule has 1 N–H and O–H groups in total. The first-order chi connectivity index (χ1) is 5.75. The van der Waals surface area contributed by atoms with Gasteiger partial charge in [0, 0.05) is 17.2 Å². The first-order valence-corrected chi connectivity index (χ1v) is 5.75. The summed E-state index contributed by atoms with van der Waals surface area (Å²) in [6.45, 7) is 8.32. The Morgan fingerprint density at radius 1 is 1.31 bits per heavy atom. The summed E-state index contributed by atoms with van der Waals surface area (Å²) in [5.41, 5.74) is -0.277. The molecule has 3 heteroatoms. The number of hydrogen-bond donors (Lipinski definition) is 1. The summed E-state index contributed by atoms with van der Waals surface area (Å²) in [4.78, 5) is 11.5. The number of nitrogens with one attached hydrogen (secondary N) is 1. The second-order valence-electron chi connectivity index (χ2n) is 4.60. The molecule has 0 fully saturated rings. The quantitative estimate of drug-likeness (QED) is 0.759. The van der Waals surface area contributed by atoms with Gasteiger partial charge in [-0.25, -0.2) is 0 Å². The molecule has 78 valence electrons. The normalized spacial score (nSPS) is 12.8. The first kappa shape index (κ1) is 12.8. The lowest BCUT2D eigenvalue weighted by atomic mass is 9.83. The molecule has 0 heterocycles. The lowest BCUT2D eigenvalue weighted by Gasteiger charge is -2.32. The molecule has 0 bridgehead atoms. The minimum atomic E-state index is -0.277. The van der Waals surface area contributed by atoms with Gasteiger partial charge in [-0.15, -0.1) is 0 Å². The molecule has 0 radical (unpaired) electrons. The molecule has 0 atom stereocenters. The first-order valence-electron chi connectivity index (χ1n) is 4.52. The van der Waals surface area contributed by atoms with E-state index in [0.29, 0.717) is 0 Å². The summed E-state index contributed by atoms with van der Waals surface area (Å²) in [5, 5.41) is 2.70. The number of amides is 1. The second kappa shape index (κ2) is 4.36. The summed E-state index contributed by atoms with van der Waals surface area (Å²) >= 11 is 1.80. The van der Waals surface area contributed by atoms with Crippen molar-refractivity contribution >= 4 is 17.7 Å². The average Bonchev–Trinajstić information content (AvgIpc) is 2.01. The molecule has 0 saturated heterocycles. The maximum atomic E-state index is 11.5. The summed E-state index contributed by atoms with van der Waals surface area (Å²) in [7, 11) is 1.69. The molecular formula is C10H21NOS. The fraction of sp³-hybridized carbons (Fsp3) is 0.900. The van der Waals surface area contributed by atoms with Crippen molar-refractivity contribution in [2.45, 2.75) is 38.9 Å². The van der Waals surface area contributed by atoms with Crippen molar-refractivity contribution in [2.24, 2.45) is 5.41 Å². The van der Waals surface area contributed by atoms with Crippen LogP contribution in [-0.2, 0) is 4.79 Å². The van der Waals surface area contributed by atoms with E-state index < -0.39 is 0 Å². The molecule has 0 aliphatic carbocycles. The number of carbonyl (C=O) groups excluding carboxylic acids is 1. The second-order valence-corrected chi connectivity index (χ2v) is 6.12. The van der Waals surface area contributed by atoms with Gasteiger partial charge in [0.05, 0.1) is 0 Å². The molecular weight excluding hydrogens is 182 g/mol. The van der Waals surface area contributed by atoms with E-state index in [4.69, 9.17) is 0 Å². The van der Waals surface area contributed by atoms with Crippen LogP contribution in [0.4, 0.5) is 0 Å². The maximum absolute atomic E-state index is 11.5. The van der Waals surface area contributed by atoms with Crippen LogP contribution >= 0.6 is 11.8 Å². The highest BCUT2D eigenvalue weighted by molar-refractivity contribution is 7.99. The van der Waals surface area contributed by atoms with Crippen LogP contribution in [0.1, 0.15) is 34.1 Å². The predicted molar refractivity (Wildman–Crippen MR) is 60.1 cm³/mol. The predicted octanol–water partition coefficient (Wildman–Crippen LogP) is 2.29. The molecule has 0 rings (SSSR count). The Morgan fingerprint density at radius 3 is 2.08 bits per heavy atom. The summed E-state index contributed by atoms with van der Waals surface area (Å²) in [6, 6.07) is 0. The topological polar surface area (TPSA) is 29.1 Å². The molecule has 13 heavy (non-hydrogen) atoms. The van der Waals surface area contributed by atoms with E-state index in [1.54, 1.807) is 18.8 Å². The third kappa shape index (κ3) is 4.03. The van der Waals surface area contributed by atoms with Crippen LogP contribution in [0.25, 0.3) is 0 Å². The SMILES string of the molecule is CNC(=O)C(C)(C)CC(C)(C)SC. The number of thioether (sulfide) groups is 1. The van der Waals surface area contributed by atoms with Crippen molar-refractivity contribution in [2.75, 3.05) is 13.3 Å². The van der Waals surface area contributed by atoms with E-state index in [9.17, 15) is 4.79 Å². The maximum Gasteiger partial charge on any atom is 0.225 e. The third-order valence-corrected chi connectivity index (χ3v) is 3.51. The number of carbonyl (C=O) groups is 1. The van der Waals surface area contributed by atoms with Gasteiger partial charge in [-0.2, -0.15) is 11.8 Å². The molecule has 0 aromatic heterocycles. The Hall–Kier alpha value is -0.180. The number of rotatable bonds is 4. The largest absolute Gasteiger partial charge is 0.359 e. The molecule has 0 aliphatic heterocycles. The van der Waals surface area contributed by atoms with Crippen molar-refractivity contribution < 1.29 is 4.79 Å². The zero-order chi connectivity index (χ0) is 10.7. The number of hydrogen-bond acceptors (Lipinski definition) is 2. The van der Waals surface area contributed by atoms with E-state index in [1.165, 1.54) is 0 Å². The van der Waals surface area contributed by atoms with Gasteiger partial charge in [0.2, 0.25) is 5.91 Å². The van der Waals surface area contributed by atoms with Crippen molar-refractivity contribution in [1.29, 1.82) is 0 Å². The van der Waals surface area contributed by atoms with E-state index in [0.717, 1.165) is 6.42 Å². The van der Waals surface area contributed by atoms with Crippen LogP contribution in [-0.4, -0.2) is 24.0 Å². The van der Waals surface area contributed by atoms with Gasteiger partial charge >= 0.3 is 0 Å². The Kier molecular flexibility index (Phi) is 4.30. The van der Waals surface area contributed by atoms with Gasteiger partial charge in [-0.3, -0.25) is 4.79 Å². The van der Waals surface area contributed by atoms with E-state index >= 15 is 0 Å². The van der Waals surface area contributed by atoms with Crippen molar-refractivity contribution in [3.8, 4) is 0 Å². The van der Waals surface area contributed by atoms with Crippen LogP contribution in [0.3, 0.4) is 0 Å². The van der Waals surface area contributed by atoms with E-state index in [-0.39, 0.29) is 16.1 Å². The van der Waals surface area contributed by atoms with Crippen LogP contribution in [0.5, 0.6) is 0 Å². The van der Waals surface area contributed by atoms with Crippen LogP contribution in [0.15, 0.2) is 0 Å². The molecule has 0 aromatic rings. The molecule has 0 spiro atoms. The smallest absolute Gasteiger partial charge is 0.225 e. The monoisotopic (exact) mass is 203 g/mol. The van der Waals surface area contributed by atoms with Crippen LogP contribution < -0.4 is 5.32 Å². The molecule has 0 aliphatic rings. The summed E-state index contributed by atoms with van der Waals surface area (Å²) < 4.78 is 0.163. The van der Waals surface area contributed by atoms with E-state index in [2.05, 4.69) is 25.4 Å². The van der Waals surface area contributed by atoms with Crippen LogP contribution in [0.2, 0.25) is 0 Å². The fourth-order valence-corrected chi connectivity index (χ4v) is 2.06. The zero-order valence-electron chi connectivity index (χ0n) is 9.52. The average molecular weight is 203 g/mol. The van der Waals surface area contributed by atoms with Gasteiger partial charge in [0.15, 0.2) is 0 Å². The molecule has 0 saturated carbocycles. The summed E-state index contributed by atoms with van der Waals surface area (Å²) in [5.74, 6) is 0.120. The molecule has 1 amide bonds. The van der Waals surface area contributed by atoms with Gasteiger partial charge in [0.25, 0.3) is 0 Å². The van der Waals surface area contributed by atoms with Crippen molar-refractivity contribution in [3.05, 3.63) is 0 Å². The highest BCUT2D eigenvalue weighted by Crippen LogP contribution is 2.35. The molecule has 2 nitrogen and oxygen atoms in total. The zero-order valence-corrected chi connectivity index (χ0v) is 10.3.